The molecule has 3 rings (SSSR count). The van der Waals surface area contributed by atoms with Crippen molar-refractivity contribution >= 4 is 10.8 Å². The summed E-state index contributed by atoms with van der Waals surface area (Å²) in [7, 11) is 1.66. The predicted octanol–water partition coefficient (Wildman–Crippen LogP) is 1.61. The van der Waals surface area contributed by atoms with Gasteiger partial charge in [0, 0.05) is 24.7 Å². The van der Waals surface area contributed by atoms with Crippen molar-refractivity contribution in [3.63, 3.8) is 0 Å². The second-order valence-corrected chi connectivity index (χ2v) is 4.71. The smallest absolute Gasteiger partial charge is 0.221 e. The normalized spacial score (nSPS) is 18.9. The Bertz CT molecular complexity index is 582. The average Bonchev–Trinajstić information content (AvgIpc) is 2.53. The summed E-state index contributed by atoms with van der Waals surface area (Å²) in [5, 5.41) is 5.32. The van der Waals surface area contributed by atoms with Crippen LogP contribution in [0.1, 0.15) is 0 Å². The van der Waals surface area contributed by atoms with E-state index >= 15 is 0 Å². The Hall–Kier alpha value is -1.85. The highest BCUT2D eigenvalue weighted by Crippen LogP contribution is 2.26. The monoisotopic (exact) mass is 274 g/mol. The Labute approximate surface area is 117 Å². The van der Waals surface area contributed by atoms with Gasteiger partial charge in [0.2, 0.25) is 5.88 Å². The van der Waals surface area contributed by atoms with E-state index < -0.39 is 0 Å². The number of nitrogens with one attached hydrogen (secondary N) is 1. The van der Waals surface area contributed by atoms with Gasteiger partial charge in [-0.2, -0.15) is 0 Å². The van der Waals surface area contributed by atoms with E-state index in [0.717, 1.165) is 36.2 Å². The van der Waals surface area contributed by atoms with E-state index in [4.69, 9.17) is 14.2 Å². The minimum atomic E-state index is 0.0825. The fourth-order valence-electron chi connectivity index (χ4n) is 2.27. The molecule has 2 aromatic rings. The van der Waals surface area contributed by atoms with E-state index in [1.54, 1.807) is 13.3 Å². The molecule has 0 aliphatic carbocycles. The van der Waals surface area contributed by atoms with Crippen LogP contribution in [0.15, 0.2) is 30.5 Å². The summed E-state index contributed by atoms with van der Waals surface area (Å²) in [5.41, 5.74) is 0. The molecule has 1 aromatic heterocycles. The average molecular weight is 274 g/mol. The second-order valence-electron chi connectivity index (χ2n) is 4.71. The molecule has 106 valence electrons. The fraction of sp³-hybridized carbons (Fsp3) is 0.400. The van der Waals surface area contributed by atoms with E-state index in [9.17, 15) is 0 Å². The van der Waals surface area contributed by atoms with Gasteiger partial charge in [-0.05, 0) is 29.7 Å². The number of aromatic nitrogens is 1. The number of ether oxygens (including phenoxy) is 3. The van der Waals surface area contributed by atoms with Gasteiger partial charge >= 0.3 is 0 Å². The molecule has 5 nitrogen and oxygen atoms in total. The predicted molar refractivity (Wildman–Crippen MR) is 76.4 cm³/mol. The maximum Gasteiger partial charge on any atom is 0.221 e. The van der Waals surface area contributed by atoms with Crippen molar-refractivity contribution in [2.45, 2.75) is 6.10 Å². The first-order valence-corrected chi connectivity index (χ1v) is 6.75. The molecule has 1 atom stereocenters. The van der Waals surface area contributed by atoms with Crippen LogP contribution >= 0.6 is 0 Å². The van der Waals surface area contributed by atoms with Crippen molar-refractivity contribution < 1.29 is 14.2 Å². The van der Waals surface area contributed by atoms with Crippen molar-refractivity contribution in [1.29, 1.82) is 0 Å². The highest BCUT2D eigenvalue weighted by molar-refractivity contribution is 5.87. The van der Waals surface area contributed by atoms with Crippen molar-refractivity contribution in [2.24, 2.45) is 0 Å². The van der Waals surface area contributed by atoms with E-state index in [0.29, 0.717) is 12.5 Å². The largest absolute Gasteiger partial charge is 0.497 e. The molecular weight excluding hydrogens is 256 g/mol. The Morgan fingerprint density at radius 1 is 1.40 bits per heavy atom. The third-order valence-corrected chi connectivity index (χ3v) is 3.35. The topological polar surface area (TPSA) is 52.6 Å². The van der Waals surface area contributed by atoms with Crippen LogP contribution < -0.4 is 14.8 Å². The minimum Gasteiger partial charge on any atom is -0.497 e. The first-order chi connectivity index (χ1) is 9.86. The van der Waals surface area contributed by atoms with Gasteiger partial charge in [-0.25, -0.2) is 4.98 Å². The molecule has 1 aliphatic rings. The van der Waals surface area contributed by atoms with Gasteiger partial charge in [-0.3, -0.25) is 0 Å². The van der Waals surface area contributed by atoms with Gasteiger partial charge in [-0.1, -0.05) is 0 Å². The van der Waals surface area contributed by atoms with Crippen LogP contribution in [0.25, 0.3) is 10.8 Å². The Morgan fingerprint density at radius 2 is 2.35 bits per heavy atom. The molecule has 0 amide bonds. The molecule has 1 aromatic carbocycles. The lowest BCUT2D eigenvalue weighted by Gasteiger charge is -2.23. The zero-order valence-corrected chi connectivity index (χ0v) is 11.5. The van der Waals surface area contributed by atoms with Crippen LogP contribution in [0.2, 0.25) is 0 Å². The van der Waals surface area contributed by atoms with Gasteiger partial charge in [0.25, 0.3) is 0 Å². The molecule has 2 heterocycles. The van der Waals surface area contributed by atoms with Crippen LogP contribution in [0.3, 0.4) is 0 Å². The van der Waals surface area contributed by atoms with Gasteiger partial charge in [0.15, 0.2) is 0 Å². The molecule has 0 bridgehead atoms. The van der Waals surface area contributed by atoms with Crippen LogP contribution in [0.4, 0.5) is 0 Å². The number of hydrogen-bond donors (Lipinski definition) is 1. The fourth-order valence-corrected chi connectivity index (χ4v) is 2.27. The standard InChI is InChI=1S/C15H18N2O3/c1-18-12-2-3-14-11(8-12)4-5-17-15(14)20-10-13-9-16-6-7-19-13/h2-5,8,13,16H,6-7,9-10H2,1H3. The highest BCUT2D eigenvalue weighted by Gasteiger charge is 2.15. The third-order valence-electron chi connectivity index (χ3n) is 3.35. The summed E-state index contributed by atoms with van der Waals surface area (Å²) >= 11 is 0. The number of pyridine rings is 1. The Morgan fingerprint density at radius 3 is 3.15 bits per heavy atom. The summed E-state index contributed by atoms with van der Waals surface area (Å²) in [6.45, 7) is 2.96. The SMILES string of the molecule is COc1ccc2c(OCC3CNCCO3)nccc2c1. The zero-order chi connectivity index (χ0) is 13.8. The first kappa shape index (κ1) is 13.1. The highest BCUT2D eigenvalue weighted by atomic mass is 16.5. The lowest BCUT2D eigenvalue weighted by atomic mass is 10.1. The van der Waals surface area contributed by atoms with E-state index in [1.807, 2.05) is 24.3 Å². The van der Waals surface area contributed by atoms with Crippen LogP contribution in [-0.4, -0.2) is 44.5 Å². The summed E-state index contributed by atoms with van der Waals surface area (Å²) in [6.07, 6.45) is 1.83. The van der Waals surface area contributed by atoms with Crippen molar-refractivity contribution in [3.05, 3.63) is 30.5 Å². The molecule has 1 unspecified atom stereocenters. The van der Waals surface area contributed by atoms with E-state index in [-0.39, 0.29) is 6.10 Å². The van der Waals surface area contributed by atoms with E-state index in [1.165, 1.54) is 0 Å². The van der Waals surface area contributed by atoms with Crippen LogP contribution in [-0.2, 0) is 4.74 Å². The summed E-state index contributed by atoms with van der Waals surface area (Å²) in [6, 6.07) is 7.80. The number of benzene rings is 1. The van der Waals surface area contributed by atoms with Crippen LogP contribution in [0, 0.1) is 0 Å². The summed E-state index contributed by atoms with van der Waals surface area (Å²) in [4.78, 5) is 4.31. The number of nitrogens with zero attached hydrogens (tertiary/aromatic N) is 1. The molecular formula is C15H18N2O3. The molecule has 1 fully saturated rings. The minimum absolute atomic E-state index is 0.0825. The summed E-state index contributed by atoms with van der Waals surface area (Å²) < 4.78 is 16.7. The number of hydrogen-bond acceptors (Lipinski definition) is 5. The molecule has 0 radical (unpaired) electrons. The lowest BCUT2D eigenvalue weighted by Crippen LogP contribution is -2.41. The van der Waals surface area contributed by atoms with Gasteiger partial charge < -0.3 is 19.5 Å². The quantitative estimate of drug-likeness (QED) is 0.918. The zero-order valence-electron chi connectivity index (χ0n) is 11.5. The number of fused-ring (bicyclic) bond motifs is 1. The number of morpholine rings is 1. The molecule has 20 heavy (non-hydrogen) atoms. The van der Waals surface area contributed by atoms with Gasteiger partial charge in [-0.15, -0.1) is 0 Å². The molecule has 5 heteroatoms. The molecule has 1 aliphatic heterocycles. The second kappa shape index (κ2) is 6.07. The number of methoxy groups -OCH3 is 1. The van der Waals surface area contributed by atoms with Crippen molar-refractivity contribution in [2.75, 3.05) is 33.4 Å². The van der Waals surface area contributed by atoms with Crippen molar-refractivity contribution in [3.8, 4) is 11.6 Å². The number of rotatable bonds is 4. The van der Waals surface area contributed by atoms with Gasteiger partial charge in [0.1, 0.15) is 18.5 Å². The Balaban J connectivity index is 1.76. The first-order valence-electron chi connectivity index (χ1n) is 6.75. The maximum absolute atomic E-state index is 5.82. The molecule has 1 saturated heterocycles. The van der Waals surface area contributed by atoms with Crippen molar-refractivity contribution in [1.82, 2.24) is 10.3 Å². The third kappa shape index (κ3) is 2.84. The van der Waals surface area contributed by atoms with E-state index in [2.05, 4.69) is 10.3 Å². The lowest BCUT2D eigenvalue weighted by molar-refractivity contribution is -0.000385. The molecule has 1 N–H and O–H groups in total. The van der Waals surface area contributed by atoms with Gasteiger partial charge in [0.05, 0.1) is 13.7 Å². The Kier molecular flexibility index (Phi) is 3.99. The molecule has 0 spiro atoms. The summed E-state index contributed by atoms with van der Waals surface area (Å²) in [5.74, 6) is 1.47. The maximum atomic E-state index is 5.82. The molecule has 0 saturated carbocycles. The van der Waals surface area contributed by atoms with Crippen LogP contribution in [0.5, 0.6) is 11.6 Å².